The first-order valence-corrected chi connectivity index (χ1v) is 12.0. The summed E-state index contributed by atoms with van der Waals surface area (Å²) in [6, 6.07) is 9.42. The molecule has 2 amide bonds. The van der Waals surface area contributed by atoms with Crippen LogP contribution in [0.15, 0.2) is 41.1 Å². The molecule has 2 atom stereocenters. The molecule has 0 radical (unpaired) electrons. The van der Waals surface area contributed by atoms with Gasteiger partial charge in [-0.2, -0.15) is 11.3 Å². The standard InChI is InChI=1S/C23H25N3O3S2/c1-14-11-26(12-15(2)29-14)23(28)18-6-4-17(5-7-18)10-24-21(27)20-16(3)25-22(31-20)19-8-9-30-13-19/h4-9,13-15H,10-12H2,1-3H3,(H,24,27). The molecule has 0 spiro atoms. The van der Waals surface area contributed by atoms with Gasteiger partial charge in [-0.05, 0) is 49.9 Å². The molecule has 31 heavy (non-hydrogen) atoms. The Morgan fingerprint density at radius 2 is 1.87 bits per heavy atom. The van der Waals surface area contributed by atoms with Gasteiger partial charge in [0.25, 0.3) is 11.8 Å². The van der Waals surface area contributed by atoms with Gasteiger partial charge in [0.2, 0.25) is 0 Å². The van der Waals surface area contributed by atoms with Crippen LogP contribution in [0.3, 0.4) is 0 Å². The average molecular weight is 456 g/mol. The van der Waals surface area contributed by atoms with Gasteiger partial charge in [0, 0.05) is 36.1 Å². The highest BCUT2D eigenvalue weighted by atomic mass is 32.1. The quantitative estimate of drug-likeness (QED) is 0.621. The number of morpholine rings is 1. The third-order valence-electron chi connectivity index (χ3n) is 5.13. The predicted octanol–water partition coefficient (Wildman–Crippen LogP) is 4.36. The van der Waals surface area contributed by atoms with E-state index in [2.05, 4.69) is 10.3 Å². The van der Waals surface area contributed by atoms with Crippen LogP contribution in [0.5, 0.6) is 0 Å². The first kappa shape index (κ1) is 21.7. The number of aromatic nitrogens is 1. The van der Waals surface area contributed by atoms with Crippen molar-refractivity contribution in [3.63, 3.8) is 0 Å². The Labute approximate surface area is 189 Å². The van der Waals surface area contributed by atoms with E-state index in [0.717, 1.165) is 21.8 Å². The SMILES string of the molecule is Cc1nc(-c2ccsc2)sc1C(=O)NCc1ccc(C(=O)N2CC(C)OC(C)C2)cc1. The van der Waals surface area contributed by atoms with E-state index < -0.39 is 0 Å². The van der Waals surface area contributed by atoms with Crippen LogP contribution in [0.2, 0.25) is 0 Å². The molecular formula is C23H25N3O3S2. The second-order valence-corrected chi connectivity index (χ2v) is 9.57. The molecule has 1 saturated heterocycles. The summed E-state index contributed by atoms with van der Waals surface area (Å²) in [6.45, 7) is 7.41. The van der Waals surface area contributed by atoms with Crippen molar-refractivity contribution < 1.29 is 14.3 Å². The van der Waals surface area contributed by atoms with Crippen molar-refractivity contribution in [1.29, 1.82) is 0 Å². The largest absolute Gasteiger partial charge is 0.372 e. The van der Waals surface area contributed by atoms with Crippen LogP contribution in [-0.4, -0.2) is 47.0 Å². The lowest BCUT2D eigenvalue weighted by Crippen LogP contribution is -2.48. The molecule has 0 aliphatic carbocycles. The summed E-state index contributed by atoms with van der Waals surface area (Å²) in [6.07, 6.45) is 0.0790. The number of amides is 2. The summed E-state index contributed by atoms with van der Waals surface area (Å²) < 4.78 is 5.71. The molecule has 8 heteroatoms. The molecule has 162 valence electrons. The van der Waals surface area contributed by atoms with Crippen LogP contribution in [0.4, 0.5) is 0 Å². The number of nitrogens with zero attached hydrogens (tertiary/aromatic N) is 2. The molecule has 1 fully saturated rings. The number of carbonyl (C=O) groups excluding carboxylic acids is 2. The van der Waals surface area contributed by atoms with E-state index in [0.29, 0.717) is 30.1 Å². The number of nitrogens with one attached hydrogen (secondary N) is 1. The van der Waals surface area contributed by atoms with Gasteiger partial charge in [-0.15, -0.1) is 11.3 Å². The second kappa shape index (κ2) is 9.30. The van der Waals surface area contributed by atoms with Crippen molar-refractivity contribution in [3.05, 3.63) is 62.8 Å². The Morgan fingerprint density at radius 3 is 2.52 bits per heavy atom. The molecule has 4 rings (SSSR count). The van der Waals surface area contributed by atoms with Crippen molar-refractivity contribution in [2.75, 3.05) is 13.1 Å². The third kappa shape index (κ3) is 5.03. The van der Waals surface area contributed by atoms with Gasteiger partial charge in [-0.3, -0.25) is 9.59 Å². The highest BCUT2D eigenvalue weighted by molar-refractivity contribution is 7.17. The molecular weight excluding hydrogens is 430 g/mol. The monoisotopic (exact) mass is 455 g/mol. The van der Waals surface area contributed by atoms with E-state index in [1.807, 2.05) is 66.8 Å². The van der Waals surface area contributed by atoms with E-state index in [1.165, 1.54) is 11.3 Å². The first-order chi connectivity index (χ1) is 14.9. The Morgan fingerprint density at radius 1 is 1.16 bits per heavy atom. The van der Waals surface area contributed by atoms with Gasteiger partial charge in [0.05, 0.1) is 17.9 Å². The number of hydrogen-bond donors (Lipinski definition) is 1. The minimum absolute atomic E-state index is 0.0128. The van der Waals surface area contributed by atoms with Gasteiger partial charge in [-0.25, -0.2) is 4.98 Å². The molecule has 6 nitrogen and oxygen atoms in total. The lowest BCUT2D eigenvalue weighted by Gasteiger charge is -2.35. The normalized spacial score (nSPS) is 18.7. The van der Waals surface area contributed by atoms with Gasteiger partial charge < -0.3 is 15.0 Å². The minimum atomic E-state index is -0.132. The average Bonchev–Trinajstić information content (AvgIpc) is 3.41. The van der Waals surface area contributed by atoms with Crippen LogP contribution >= 0.6 is 22.7 Å². The summed E-state index contributed by atoms with van der Waals surface area (Å²) >= 11 is 3.02. The molecule has 2 aromatic heterocycles. The maximum atomic E-state index is 12.8. The van der Waals surface area contributed by atoms with E-state index in [4.69, 9.17) is 4.74 Å². The fourth-order valence-corrected chi connectivity index (χ4v) is 5.36. The van der Waals surface area contributed by atoms with Crippen molar-refractivity contribution in [3.8, 4) is 10.6 Å². The summed E-state index contributed by atoms with van der Waals surface area (Å²) in [5, 5.41) is 7.85. The summed E-state index contributed by atoms with van der Waals surface area (Å²) in [5.74, 6) is -0.119. The highest BCUT2D eigenvalue weighted by Crippen LogP contribution is 2.29. The molecule has 1 aliphatic heterocycles. The zero-order chi connectivity index (χ0) is 22.0. The van der Waals surface area contributed by atoms with Crippen molar-refractivity contribution in [1.82, 2.24) is 15.2 Å². The molecule has 2 unspecified atom stereocenters. The lowest BCUT2D eigenvalue weighted by molar-refractivity contribution is -0.0586. The Bertz CT molecular complexity index is 1050. The van der Waals surface area contributed by atoms with Gasteiger partial charge in [-0.1, -0.05) is 12.1 Å². The first-order valence-electron chi connectivity index (χ1n) is 10.2. The molecule has 0 saturated carbocycles. The Balaban J connectivity index is 1.36. The van der Waals surface area contributed by atoms with E-state index in [1.54, 1.807) is 11.3 Å². The smallest absolute Gasteiger partial charge is 0.263 e. The highest BCUT2D eigenvalue weighted by Gasteiger charge is 2.26. The molecule has 0 bridgehead atoms. The van der Waals surface area contributed by atoms with Crippen LogP contribution in [0, 0.1) is 6.92 Å². The third-order valence-corrected chi connectivity index (χ3v) is 7.02. The molecule has 1 aliphatic rings. The van der Waals surface area contributed by atoms with E-state index in [-0.39, 0.29) is 24.0 Å². The van der Waals surface area contributed by atoms with Crippen molar-refractivity contribution in [2.45, 2.75) is 39.5 Å². The van der Waals surface area contributed by atoms with Crippen LogP contribution < -0.4 is 5.32 Å². The topological polar surface area (TPSA) is 71.5 Å². The van der Waals surface area contributed by atoms with Gasteiger partial charge >= 0.3 is 0 Å². The maximum Gasteiger partial charge on any atom is 0.263 e. The maximum absolute atomic E-state index is 12.8. The zero-order valence-corrected chi connectivity index (χ0v) is 19.4. The Kier molecular flexibility index (Phi) is 6.50. The molecule has 3 aromatic rings. The number of thiazole rings is 1. The fourth-order valence-electron chi connectivity index (χ4n) is 3.67. The number of ether oxygens (including phenoxy) is 1. The number of thiophene rings is 1. The second-order valence-electron chi connectivity index (χ2n) is 7.79. The number of benzene rings is 1. The molecule has 1 N–H and O–H groups in total. The number of hydrogen-bond acceptors (Lipinski definition) is 6. The van der Waals surface area contributed by atoms with Crippen LogP contribution in [0.25, 0.3) is 10.6 Å². The van der Waals surface area contributed by atoms with Gasteiger partial charge in [0.15, 0.2) is 0 Å². The predicted molar refractivity (Wildman–Crippen MR) is 124 cm³/mol. The Hall–Kier alpha value is -2.55. The fraction of sp³-hybridized carbons (Fsp3) is 0.348. The van der Waals surface area contributed by atoms with Crippen LogP contribution in [0.1, 0.15) is 45.1 Å². The summed E-state index contributed by atoms with van der Waals surface area (Å²) in [7, 11) is 0. The van der Waals surface area contributed by atoms with Gasteiger partial charge in [0.1, 0.15) is 9.88 Å². The summed E-state index contributed by atoms with van der Waals surface area (Å²) in [5.41, 5.74) is 3.36. The van der Waals surface area contributed by atoms with E-state index >= 15 is 0 Å². The number of rotatable bonds is 5. The number of aryl methyl sites for hydroxylation is 1. The van der Waals surface area contributed by atoms with Crippen LogP contribution in [-0.2, 0) is 11.3 Å². The minimum Gasteiger partial charge on any atom is -0.372 e. The lowest BCUT2D eigenvalue weighted by atomic mass is 10.1. The van der Waals surface area contributed by atoms with Crippen molar-refractivity contribution >= 4 is 34.5 Å². The molecule has 3 heterocycles. The molecule has 1 aromatic carbocycles. The van der Waals surface area contributed by atoms with Crippen molar-refractivity contribution in [2.24, 2.45) is 0 Å². The summed E-state index contributed by atoms with van der Waals surface area (Å²) in [4.78, 5) is 32.4. The number of carbonyl (C=O) groups is 2. The van der Waals surface area contributed by atoms with E-state index in [9.17, 15) is 9.59 Å². The zero-order valence-electron chi connectivity index (χ0n) is 17.8.